The van der Waals surface area contributed by atoms with Crippen LogP contribution in [-0.2, 0) is 4.79 Å². The number of carbonyl (C=O) groups excluding carboxylic acids is 1. The maximum absolute atomic E-state index is 12.5. The van der Waals surface area contributed by atoms with Crippen molar-refractivity contribution in [2.75, 3.05) is 5.32 Å². The van der Waals surface area contributed by atoms with E-state index in [0.717, 1.165) is 11.1 Å². The van der Waals surface area contributed by atoms with Crippen molar-refractivity contribution >= 4 is 11.6 Å². The lowest BCUT2D eigenvalue weighted by atomic mass is 9.88. The number of amides is 1. The number of aromatic nitrogens is 1. The Morgan fingerprint density at radius 3 is 2.00 bits per heavy atom. The van der Waals surface area contributed by atoms with Gasteiger partial charge in [-0.15, -0.1) is 0 Å². The molecule has 3 rings (SSSR count). The first-order chi connectivity index (χ1) is 11.7. The molecule has 0 spiro atoms. The first-order valence-electron chi connectivity index (χ1n) is 7.81. The van der Waals surface area contributed by atoms with Gasteiger partial charge in [-0.05, 0) is 23.3 Å². The molecule has 0 bridgehead atoms. The Morgan fingerprint density at radius 1 is 0.875 bits per heavy atom. The highest BCUT2D eigenvalue weighted by Gasteiger charge is 2.18. The molecule has 1 heterocycles. The number of pyridine rings is 1. The van der Waals surface area contributed by atoms with Gasteiger partial charge in [-0.25, -0.2) is 0 Å². The number of hydrogen-bond acceptors (Lipinski definition) is 2. The number of anilines is 1. The van der Waals surface area contributed by atoms with Crippen molar-refractivity contribution in [3.8, 4) is 0 Å². The summed E-state index contributed by atoms with van der Waals surface area (Å²) in [4.78, 5) is 26.7. The molecule has 0 saturated carbocycles. The molecule has 2 aromatic carbocycles. The molecule has 0 saturated heterocycles. The molecule has 0 aliphatic rings. The molecule has 4 heteroatoms. The van der Waals surface area contributed by atoms with Crippen molar-refractivity contribution in [1.29, 1.82) is 0 Å². The first kappa shape index (κ1) is 15.7. The number of carbonyl (C=O) groups is 1. The normalized spacial score (nSPS) is 10.5. The van der Waals surface area contributed by atoms with Crippen LogP contribution in [-0.4, -0.2) is 10.9 Å². The summed E-state index contributed by atoms with van der Waals surface area (Å²) in [5, 5.41) is 2.70. The summed E-state index contributed by atoms with van der Waals surface area (Å²) in [6, 6.07) is 23.1. The van der Waals surface area contributed by atoms with Gasteiger partial charge in [0, 0.05) is 18.5 Å². The summed E-state index contributed by atoms with van der Waals surface area (Å²) in [6.45, 7) is 0. The fraction of sp³-hybridized carbons (Fsp3) is 0.100. The van der Waals surface area contributed by atoms with E-state index in [1.807, 2.05) is 60.7 Å². The van der Waals surface area contributed by atoms with Crippen molar-refractivity contribution < 1.29 is 4.79 Å². The van der Waals surface area contributed by atoms with E-state index in [4.69, 9.17) is 0 Å². The van der Waals surface area contributed by atoms with E-state index in [0.29, 0.717) is 0 Å². The van der Waals surface area contributed by atoms with Crippen molar-refractivity contribution in [2.45, 2.75) is 12.3 Å². The average molecular weight is 318 g/mol. The predicted molar refractivity (Wildman–Crippen MR) is 95.0 cm³/mol. The summed E-state index contributed by atoms with van der Waals surface area (Å²) in [5.41, 5.74) is 2.10. The maximum atomic E-state index is 12.5. The number of H-pyrrole nitrogens is 1. The average Bonchev–Trinajstić information content (AvgIpc) is 2.63. The van der Waals surface area contributed by atoms with Crippen LogP contribution in [0.25, 0.3) is 0 Å². The molecular weight excluding hydrogens is 300 g/mol. The molecule has 1 aromatic heterocycles. The standard InChI is InChI=1S/C20H18N2O2/c23-19(22-18-12-7-13-21-20(18)24)14-17(15-8-3-1-4-9-15)16-10-5-2-6-11-16/h1-13,17H,14H2,(H,21,24)(H,22,23). The smallest absolute Gasteiger partial charge is 0.271 e. The highest BCUT2D eigenvalue weighted by Crippen LogP contribution is 2.28. The van der Waals surface area contributed by atoms with E-state index in [1.165, 1.54) is 6.20 Å². The molecule has 0 radical (unpaired) electrons. The lowest BCUT2D eigenvalue weighted by Crippen LogP contribution is -2.21. The monoisotopic (exact) mass is 318 g/mol. The van der Waals surface area contributed by atoms with Gasteiger partial charge in [-0.2, -0.15) is 0 Å². The third kappa shape index (κ3) is 3.79. The molecule has 2 N–H and O–H groups in total. The van der Waals surface area contributed by atoms with Gasteiger partial charge >= 0.3 is 0 Å². The first-order valence-corrected chi connectivity index (χ1v) is 7.81. The molecular formula is C20H18N2O2. The molecule has 0 aliphatic carbocycles. The molecule has 0 atom stereocenters. The minimum atomic E-state index is -0.304. The maximum Gasteiger partial charge on any atom is 0.271 e. The van der Waals surface area contributed by atoms with E-state index in [1.54, 1.807) is 12.1 Å². The van der Waals surface area contributed by atoms with Crippen LogP contribution in [0.2, 0.25) is 0 Å². The summed E-state index contributed by atoms with van der Waals surface area (Å²) >= 11 is 0. The summed E-state index contributed by atoms with van der Waals surface area (Å²) in [7, 11) is 0. The van der Waals surface area contributed by atoms with Crippen LogP contribution >= 0.6 is 0 Å². The summed E-state index contributed by atoms with van der Waals surface area (Å²) in [5.74, 6) is -0.250. The van der Waals surface area contributed by atoms with Gasteiger partial charge in [0.2, 0.25) is 5.91 Å². The SMILES string of the molecule is O=C(CC(c1ccccc1)c1ccccc1)Nc1ccc[nH]c1=O. The lowest BCUT2D eigenvalue weighted by molar-refractivity contribution is -0.116. The minimum Gasteiger partial charge on any atom is -0.327 e. The molecule has 1 amide bonds. The summed E-state index contributed by atoms with van der Waals surface area (Å²) < 4.78 is 0. The van der Waals surface area contributed by atoms with E-state index < -0.39 is 0 Å². The van der Waals surface area contributed by atoms with Crippen LogP contribution < -0.4 is 10.9 Å². The molecule has 0 aliphatic heterocycles. The van der Waals surface area contributed by atoms with Crippen molar-refractivity contribution in [1.82, 2.24) is 4.98 Å². The topological polar surface area (TPSA) is 62.0 Å². The van der Waals surface area contributed by atoms with Crippen LogP contribution in [0.3, 0.4) is 0 Å². The van der Waals surface area contributed by atoms with Crippen molar-refractivity contribution in [3.05, 3.63) is 100 Å². The molecule has 0 fully saturated rings. The van der Waals surface area contributed by atoms with Gasteiger partial charge in [0.05, 0.1) is 0 Å². The molecule has 24 heavy (non-hydrogen) atoms. The van der Waals surface area contributed by atoms with Crippen LogP contribution in [0.5, 0.6) is 0 Å². The Morgan fingerprint density at radius 2 is 1.46 bits per heavy atom. The second kappa shape index (κ2) is 7.42. The van der Waals surface area contributed by atoms with Gasteiger partial charge in [0.1, 0.15) is 5.69 Å². The Bertz CT molecular complexity index is 818. The summed E-state index contributed by atoms with van der Waals surface area (Å²) in [6.07, 6.45) is 1.80. The Balaban J connectivity index is 1.83. The van der Waals surface area contributed by atoms with Crippen LogP contribution in [0.4, 0.5) is 5.69 Å². The van der Waals surface area contributed by atoms with Crippen molar-refractivity contribution in [2.24, 2.45) is 0 Å². The second-order valence-electron chi connectivity index (χ2n) is 5.54. The largest absolute Gasteiger partial charge is 0.327 e. The van der Waals surface area contributed by atoms with Gasteiger partial charge in [-0.1, -0.05) is 60.7 Å². The van der Waals surface area contributed by atoms with Gasteiger partial charge in [-0.3, -0.25) is 9.59 Å². The van der Waals surface area contributed by atoms with Crippen LogP contribution in [0, 0.1) is 0 Å². The van der Waals surface area contributed by atoms with Gasteiger partial charge < -0.3 is 10.3 Å². The Labute approximate surface area is 140 Å². The molecule has 120 valence electrons. The zero-order chi connectivity index (χ0) is 16.8. The number of nitrogens with one attached hydrogen (secondary N) is 2. The third-order valence-electron chi connectivity index (χ3n) is 3.89. The van der Waals surface area contributed by atoms with E-state index in [-0.39, 0.29) is 29.5 Å². The number of rotatable bonds is 5. The van der Waals surface area contributed by atoms with Crippen molar-refractivity contribution in [3.63, 3.8) is 0 Å². The zero-order valence-electron chi connectivity index (χ0n) is 13.1. The van der Waals surface area contributed by atoms with Crippen LogP contribution in [0.15, 0.2) is 83.8 Å². The Kier molecular flexibility index (Phi) is 4.87. The lowest BCUT2D eigenvalue weighted by Gasteiger charge is -2.17. The van der Waals surface area contributed by atoms with Gasteiger partial charge in [0.25, 0.3) is 5.56 Å². The molecule has 3 aromatic rings. The van der Waals surface area contributed by atoms with E-state index in [9.17, 15) is 9.59 Å². The fourth-order valence-corrected chi connectivity index (χ4v) is 2.71. The zero-order valence-corrected chi connectivity index (χ0v) is 13.1. The second-order valence-corrected chi connectivity index (χ2v) is 5.54. The van der Waals surface area contributed by atoms with Crippen LogP contribution in [0.1, 0.15) is 23.5 Å². The van der Waals surface area contributed by atoms with E-state index in [2.05, 4.69) is 10.3 Å². The highest BCUT2D eigenvalue weighted by atomic mass is 16.2. The quantitative estimate of drug-likeness (QED) is 0.756. The van der Waals surface area contributed by atoms with Gasteiger partial charge in [0.15, 0.2) is 0 Å². The number of benzene rings is 2. The molecule has 4 nitrogen and oxygen atoms in total. The number of hydrogen-bond donors (Lipinski definition) is 2. The fourth-order valence-electron chi connectivity index (χ4n) is 2.71. The predicted octanol–water partition coefficient (Wildman–Crippen LogP) is 3.54. The minimum absolute atomic E-state index is 0.0600. The highest BCUT2D eigenvalue weighted by molar-refractivity contribution is 5.91. The van der Waals surface area contributed by atoms with E-state index >= 15 is 0 Å². The third-order valence-corrected chi connectivity index (χ3v) is 3.89. The Hall–Kier alpha value is -3.14. The number of aromatic amines is 1. The molecule has 0 unspecified atom stereocenters.